The van der Waals surface area contributed by atoms with Crippen molar-refractivity contribution in [3.63, 3.8) is 0 Å². The monoisotopic (exact) mass is 486 g/mol. The lowest BCUT2D eigenvalue weighted by molar-refractivity contribution is 0.0951. The summed E-state index contributed by atoms with van der Waals surface area (Å²) in [6.07, 6.45) is 5.01. The average Bonchev–Trinajstić information content (AvgIpc) is 3.65. The van der Waals surface area contributed by atoms with Gasteiger partial charge in [0.1, 0.15) is 0 Å². The summed E-state index contributed by atoms with van der Waals surface area (Å²) in [4.78, 5) is 25.9. The molecular weight excluding hydrogens is 460 g/mol. The number of hydrogen-bond donors (Lipinski definition) is 1. The molecule has 0 unspecified atom stereocenters. The lowest BCUT2D eigenvalue weighted by Crippen LogP contribution is -2.25. The second kappa shape index (κ2) is 8.82. The van der Waals surface area contributed by atoms with Crippen molar-refractivity contribution in [1.82, 2.24) is 9.88 Å². The lowest BCUT2D eigenvalue weighted by atomic mass is 9.96. The van der Waals surface area contributed by atoms with Crippen molar-refractivity contribution in [1.29, 1.82) is 0 Å². The molecule has 3 aromatic carbocycles. The third-order valence-corrected chi connectivity index (χ3v) is 7.53. The molecular formula is C28H26N2O4S. The van der Waals surface area contributed by atoms with E-state index < -0.39 is 9.84 Å². The van der Waals surface area contributed by atoms with Gasteiger partial charge < -0.3 is 9.88 Å². The molecule has 1 aliphatic carbocycles. The first-order chi connectivity index (χ1) is 16.7. The van der Waals surface area contributed by atoms with Crippen LogP contribution in [0, 0.1) is 6.92 Å². The largest absolute Gasteiger partial charge is 0.349 e. The van der Waals surface area contributed by atoms with Gasteiger partial charge in [-0.05, 0) is 89.9 Å². The Hall–Kier alpha value is -3.71. The van der Waals surface area contributed by atoms with Crippen LogP contribution < -0.4 is 10.9 Å². The number of aryl methyl sites for hydroxylation is 1. The van der Waals surface area contributed by atoms with Crippen molar-refractivity contribution in [2.75, 3.05) is 6.26 Å². The molecule has 7 heteroatoms. The van der Waals surface area contributed by atoms with Gasteiger partial charge in [-0.2, -0.15) is 0 Å². The Morgan fingerprint density at radius 3 is 2.43 bits per heavy atom. The maximum absolute atomic E-state index is 13.1. The van der Waals surface area contributed by atoms with E-state index in [2.05, 4.69) is 5.32 Å². The molecule has 5 rings (SSSR count). The number of sulfone groups is 1. The maximum Gasteiger partial charge on any atom is 0.258 e. The van der Waals surface area contributed by atoms with Crippen LogP contribution in [-0.2, 0) is 16.4 Å². The Morgan fingerprint density at radius 1 is 1.00 bits per heavy atom. The van der Waals surface area contributed by atoms with Crippen LogP contribution in [0.15, 0.2) is 82.6 Å². The number of amides is 1. The summed E-state index contributed by atoms with van der Waals surface area (Å²) in [5, 5.41) is 4.45. The van der Waals surface area contributed by atoms with Gasteiger partial charge in [-0.25, -0.2) is 8.42 Å². The number of fused-ring (bicyclic) bond motifs is 1. The topological polar surface area (TPSA) is 85.2 Å². The number of carbonyl (C=O) groups excluding carboxylic acids is 1. The van der Waals surface area contributed by atoms with Crippen LogP contribution in [0.2, 0.25) is 0 Å². The molecule has 1 amide bonds. The highest BCUT2D eigenvalue weighted by Gasteiger charge is 2.24. The Morgan fingerprint density at radius 2 is 1.74 bits per heavy atom. The van der Waals surface area contributed by atoms with E-state index in [4.69, 9.17) is 0 Å². The molecule has 0 spiro atoms. The Bertz CT molecular complexity index is 1620. The van der Waals surface area contributed by atoms with E-state index in [9.17, 15) is 18.0 Å². The van der Waals surface area contributed by atoms with Gasteiger partial charge in [0.05, 0.1) is 11.4 Å². The lowest BCUT2D eigenvalue weighted by Gasteiger charge is -2.12. The first kappa shape index (κ1) is 23.1. The Balaban J connectivity index is 1.44. The molecule has 1 saturated carbocycles. The minimum atomic E-state index is -3.26. The van der Waals surface area contributed by atoms with Gasteiger partial charge in [-0.1, -0.05) is 24.3 Å². The molecule has 35 heavy (non-hydrogen) atoms. The number of pyridine rings is 1. The van der Waals surface area contributed by atoms with Gasteiger partial charge in [0.2, 0.25) is 0 Å². The molecule has 1 N–H and O–H groups in total. The Labute approximate surface area is 204 Å². The van der Waals surface area contributed by atoms with E-state index in [1.807, 2.05) is 49.4 Å². The average molecular weight is 487 g/mol. The molecule has 1 heterocycles. The van der Waals surface area contributed by atoms with Crippen LogP contribution in [0.3, 0.4) is 0 Å². The van der Waals surface area contributed by atoms with Gasteiger partial charge in [0, 0.05) is 29.4 Å². The predicted molar refractivity (Wildman–Crippen MR) is 138 cm³/mol. The smallest absolute Gasteiger partial charge is 0.258 e. The molecule has 6 nitrogen and oxygen atoms in total. The van der Waals surface area contributed by atoms with Crippen molar-refractivity contribution in [2.24, 2.45) is 0 Å². The molecule has 0 bridgehead atoms. The zero-order valence-electron chi connectivity index (χ0n) is 19.6. The van der Waals surface area contributed by atoms with E-state index >= 15 is 0 Å². The first-order valence-corrected chi connectivity index (χ1v) is 13.4. The highest BCUT2D eigenvalue weighted by Crippen LogP contribution is 2.28. The van der Waals surface area contributed by atoms with Crippen molar-refractivity contribution in [2.45, 2.75) is 37.2 Å². The van der Waals surface area contributed by atoms with E-state index in [0.717, 1.165) is 40.5 Å². The molecule has 1 fully saturated rings. The summed E-state index contributed by atoms with van der Waals surface area (Å²) in [5.74, 6) is -0.0537. The fraction of sp³-hybridized carbons (Fsp3) is 0.214. The molecule has 0 atom stereocenters. The maximum atomic E-state index is 13.1. The van der Waals surface area contributed by atoms with Crippen molar-refractivity contribution < 1.29 is 13.2 Å². The summed E-state index contributed by atoms with van der Waals surface area (Å²) in [6, 6.07) is 20.2. The first-order valence-electron chi connectivity index (χ1n) is 11.5. The number of benzene rings is 3. The summed E-state index contributed by atoms with van der Waals surface area (Å²) in [6.45, 7) is 2.35. The second-order valence-electron chi connectivity index (χ2n) is 9.24. The van der Waals surface area contributed by atoms with E-state index in [1.54, 1.807) is 35.0 Å². The van der Waals surface area contributed by atoms with Crippen LogP contribution >= 0.6 is 0 Å². The van der Waals surface area contributed by atoms with E-state index in [-0.39, 0.29) is 16.4 Å². The van der Waals surface area contributed by atoms with Crippen LogP contribution in [-0.4, -0.2) is 31.2 Å². The molecule has 4 aromatic rings. The zero-order valence-corrected chi connectivity index (χ0v) is 20.4. The molecule has 0 saturated heterocycles. The van der Waals surface area contributed by atoms with Crippen LogP contribution in [0.4, 0.5) is 0 Å². The highest BCUT2D eigenvalue weighted by molar-refractivity contribution is 7.90. The SMILES string of the molecule is Cc1ccc(C(=O)NC2CC2)cc1-c1ccc2c(=O)n(Cc3ccc(S(C)(=O)=O)cc3)ccc2c1. The normalized spacial score (nSPS) is 13.7. The van der Waals surface area contributed by atoms with Gasteiger partial charge in [-0.15, -0.1) is 0 Å². The van der Waals surface area contributed by atoms with Gasteiger partial charge in [0.15, 0.2) is 9.84 Å². The highest BCUT2D eigenvalue weighted by atomic mass is 32.2. The second-order valence-corrected chi connectivity index (χ2v) is 11.3. The molecule has 0 radical (unpaired) electrons. The van der Waals surface area contributed by atoms with Gasteiger partial charge >= 0.3 is 0 Å². The quantitative estimate of drug-likeness (QED) is 0.440. The van der Waals surface area contributed by atoms with Gasteiger partial charge in [0.25, 0.3) is 11.5 Å². The zero-order chi connectivity index (χ0) is 24.7. The number of hydrogen-bond acceptors (Lipinski definition) is 4. The third kappa shape index (κ3) is 4.91. The fourth-order valence-electron chi connectivity index (χ4n) is 4.19. The minimum Gasteiger partial charge on any atom is -0.349 e. The van der Waals surface area contributed by atoms with Crippen LogP contribution in [0.1, 0.15) is 34.3 Å². The van der Waals surface area contributed by atoms with Crippen molar-refractivity contribution in [3.05, 3.63) is 100.0 Å². The molecule has 1 aliphatic rings. The summed E-state index contributed by atoms with van der Waals surface area (Å²) in [7, 11) is -3.26. The molecule has 0 aliphatic heterocycles. The number of aromatic nitrogens is 1. The predicted octanol–water partition coefficient (Wildman–Crippen LogP) is 4.32. The number of rotatable bonds is 6. The van der Waals surface area contributed by atoms with Crippen molar-refractivity contribution in [3.8, 4) is 11.1 Å². The summed E-state index contributed by atoms with van der Waals surface area (Å²) < 4.78 is 25.0. The number of nitrogens with one attached hydrogen (secondary N) is 1. The van der Waals surface area contributed by atoms with Crippen LogP contribution in [0.5, 0.6) is 0 Å². The fourth-order valence-corrected chi connectivity index (χ4v) is 4.82. The summed E-state index contributed by atoms with van der Waals surface area (Å²) in [5.41, 5.74) is 4.33. The van der Waals surface area contributed by atoms with Crippen LogP contribution in [0.25, 0.3) is 21.9 Å². The van der Waals surface area contributed by atoms with E-state index in [1.165, 1.54) is 6.26 Å². The molecule has 178 valence electrons. The van der Waals surface area contributed by atoms with E-state index in [0.29, 0.717) is 23.5 Å². The third-order valence-electron chi connectivity index (χ3n) is 6.40. The number of nitrogens with zero attached hydrogens (tertiary/aromatic N) is 1. The van der Waals surface area contributed by atoms with Gasteiger partial charge in [-0.3, -0.25) is 9.59 Å². The Kier molecular flexibility index (Phi) is 5.81. The standard InChI is InChI=1S/C28H26N2O4S/c1-18-3-6-22(27(31)29-23-8-9-23)16-26(18)20-7-12-25-21(15-20)13-14-30(28(25)32)17-19-4-10-24(11-5-19)35(2,33)34/h3-7,10-16,23H,8-9,17H2,1-2H3,(H,29,31). The van der Waals surface area contributed by atoms with Crippen molar-refractivity contribution >= 4 is 26.5 Å². The molecule has 1 aromatic heterocycles. The summed E-state index contributed by atoms with van der Waals surface area (Å²) >= 11 is 0. The number of carbonyl (C=O) groups is 1. The minimum absolute atomic E-state index is 0.0537.